The zero-order valence-electron chi connectivity index (χ0n) is 11.2. The molecule has 2 nitrogen and oxygen atoms in total. The van der Waals surface area contributed by atoms with Crippen LogP contribution in [0.25, 0.3) is 0 Å². The first kappa shape index (κ1) is 14.8. The standard InChI is InChI=1S/C15H22ClFN2/c16-13-6-7-15(17)12(9-13)10-14(19-18)8-11-4-2-1-3-5-11/h6-7,9,11,14,19H,1-5,8,10,18H2. The van der Waals surface area contributed by atoms with Crippen LogP contribution >= 0.6 is 11.6 Å². The lowest BCUT2D eigenvalue weighted by Crippen LogP contribution is -2.38. The van der Waals surface area contributed by atoms with Crippen molar-refractivity contribution in [1.29, 1.82) is 0 Å². The lowest BCUT2D eigenvalue weighted by atomic mass is 9.84. The van der Waals surface area contributed by atoms with Crippen LogP contribution in [-0.2, 0) is 6.42 Å². The quantitative estimate of drug-likeness (QED) is 0.637. The molecule has 106 valence electrons. The predicted molar refractivity (Wildman–Crippen MR) is 77.4 cm³/mol. The molecule has 1 fully saturated rings. The van der Waals surface area contributed by atoms with Crippen molar-refractivity contribution >= 4 is 11.6 Å². The fraction of sp³-hybridized carbons (Fsp3) is 0.600. The Morgan fingerprint density at radius 3 is 2.74 bits per heavy atom. The molecular formula is C15H22ClFN2. The van der Waals surface area contributed by atoms with Gasteiger partial charge in [0.05, 0.1) is 0 Å². The summed E-state index contributed by atoms with van der Waals surface area (Å²) in [5.41, 5.74) is 3.48. The molecule has 0 saturated heterocycles. The van der Waals surface area contributed by atoms with Gasteiger partial charge in [-0.3, -0.25) is 11.3 Å². The van der Waals surface area contributed by atoms with E-state index in [2.05, 4.69) is 5.43 Å². The molecule has 3 N–H and O–H groups in total. The number of hydrogen-bond acceptors (Lipinski definition) is 2. The molecule has 4 heteroatoms. The number of hydrogen-bond donors (Lipinski definition) is 2. The molecule has 0 radical (unpaired) electrons. The summed E-state index contributed by atoms with van der Waals surface area (Å²) in [5.74, 6) is 6.14. The second-order valence-electron chi connectivity index (χ2n) is 5.54. The monoisotopic (exact) mass is 284 g/mol. The van der Waals surface area contributed by atoms with E-state index >= 15 is 0 Å². The van der Waals surface area contributed by atoms with Crippen molar-refractivity contribution in [3.05, 3.63) is 34.6 Å². The lowest BCUT2D eigenvalue weighted by molar-refractivity contribution is 0.297. The fourth-order valence-electron chi connectivity index (χ4n) is 3.00. The summed E-state index contributed by atoms with van der Waals surface area (Å²) < 4.78 is 13.7. The molecule has 0 bridgehead atoms. The van der Waals surface area contributed by atoms with E-state index in [1.54, 1.807) is 12.1 Å². The lowest BCUT2D eigenvalue weighted by Gasteiger charge is -2.26. The predicted octanol–water partition coefficient (Wildman–Crippen LogP) is 3.82. The Morgan fingerprint density at radius 2 is 2.05 bits per heavy atom. The van der Waals surface area contributed by atoms with Crippen LogP contribution in [0.4, 0.5) is 4.39 Å². The maximum absolute atomic E-state index is 13.7. The topological polar surface area (TPSA) is 38.0 Å². The number of nitrogens with two attached hydrogens (primary N) is 1. The minimum atomic E-state index is -0.201. The van der Waals surface area contributed by atoms with Crippen LogP contribution in [0.15, 0.2) is 18.2 Å². The van der Waals surface area contributed by atoms with Gasteiger partial charge in [-0.25, -0.2) is 4.39 Å². The number of benzene rings is 1. The highest BCUT2D eigenvalue weighted by Crippen LogP contribution is 2.28. The first-order valence-corrected chi connectivity index (χ1v) is 7.47. The zero-order valence-corrected chi connectivity index (χ0v) is 11.9. The molecule has 0 heterocycles. The van der Waals surface area contributed by atoms with Crippen LogP contribution in [0.5, 0.6) is 0 Å². The van der Waals surface area contributed by atoms with Gasteiger partial charge in [0.25, 0.3) is 0 Å². The average molecular weight is 285 g/mol. The second kappa shape index (κ2) is 7.22. The molecule has 1 saturated carbocycles. The normalized spacial score (nSPS) is 18.5. The SMILES string of the molecule is NNC(Cc1cc(Cl)ccc1F)CC1CCCCC1. The molecule has 1 aliphatic carbocycles. The first-order chi connectivity index (χ1) is 9.19. The molecule has 1 atom stereocenters. The van der Waals surface area contributed by atoms with Crippen LogP contribution in [0, 0.1) is 11.7 Å². The molecule has 0 spiro atoms. The summed E-state index contributed by atoms with van der Waals surface area (Å²) in [6, 6.07) is 4.82. The minimum Gasteiger partial charge on any atom is -0.271 e. The van der Waals surface area contributed by atoms with Crippen molar-refractivity contribution in [2.24, 2.45) is 11.8 Å². The Morgan fingerprint density at radius 1 is 1.32 bits per heavy atom. The summed E-state index contributed by atoms with van der Waals surface area (Å²) in [6.07, 6.45) is 8.13. The van der Waals surface area contributed by atoms with Gasteiger partial charge in [-0.2, -0.15) is 0 Å². The van der Waals surface area contributed by atoms with E-state index in [0.717, 1.165) is 12.3 Å². The molecule has 1 aromatic carbocycles. The van der Waals surface area contributed by atoms with E-state index in [-0.39, 0.29) is 11.9 Å². The highest BCUT2D eigenvalue weighted by Gasteiger charge is 2.19. The summed E-state index contributed by atoms with van der Waals surface area (Å²) in [4.78, 5) is 0. The molecule has 19 heavy (non-hydrogen) atoms. The molecule has 1 aliphatic rings. The molecule has 0 aliphatic heterocycles. The Labute approximate surface area is 119 Å². The van der Waals surface area contributed by atoms with Gasteiger partial charge in [0.15, 0.2) is 0 Å². The number of rotatable bonds is 5. The highest BCUT2D eigenvalue weighted by molar-refractivity contribution is 6.30. The Balaban J connectivity index is 1.95. The van der Waals surface area contributed by atoms with Crippen LogP contribution in [-0.4, -0.2) is 6.04 Å². The van der Waals surface area contributed by atoms with Gasteiger partial charge in [-0.1, -0.05) is 43.7 Å². The fourth-order valence-corrected chi connectivity index (χ4v) is 3.20. The molecule has 1 unspecified atom stereocenters. The van der Waals surface area contributed by atoms with Gasteiger partial charge >= 0.3 is 0 Å². The maximum Gasteiger partial charge on any atom is 0.126 e. The van der Waals surface area contributed by atoms with Gasteiger partial charge in [0.1, 0.15) is 5.82 Å². The van der Waals surface area contributed by atoms with Gasteiger partial charge in [-0.15, -0.1) is 0 Å². The van der Waals surface area contributed by atoms with E-state index in [1.807, 2.05) is 0 Å². The molecule has 2 rings (SSSR count). The highest BCUT2D eigenvalue weighted by atomic mass is 35.5. The van der Waals surface area contributed by atoms with E-state index in [1.165, 1.54) is 38.2 Å². The third kappa shape index (κ3) is 4.44. The van der Waals surface area contributed by atoms with Gasteiger partial charge in [0.2, 0.25) is 0 Å². The number of hydrazine groups is 1. The summed E-state index contributed by atoms with van der Waals surface area (Å²) in [6.45, 7) is 0. The van der Waals surface area contributed by atoms with Crippen LogP contribution in [0.1, 0.15) is 44.1 Å². The molecule has 0 amide bonds. The number of nitrogens with one attached hydrogen (secondary N) is 1. The van der Waals surface area contributed by atoms with Crippen LogP contribution in [0.2, 0.25) is 5.02 Å². The minimum absolute atomic E-state index is 0.121. The van der Waals surface area contributed by atoms with E-state index in [9.17, 15) is 4.39 Å². The Kier molecular flexibility index (Phi) is 5.61. The van der Waals surface area contributed by atoms with Gasteiger partial charge < -0.3 is 0 Å². The first-order valence-electron chi connectivity index (χ1n) is 7.09. The van der Waals surface area contributed by atoms with Crippen LogP contribution in [0.3, 0.4) is 0 Å². The second-order valence-corrected chi connectivity index (χ2v) is 5.98. The zero-order chi connectivity index (χ0) is 13.7. The maximum atomic E-state index is 13.7. The van der Waals surface area contributed by atoms with Crippen molar-refractivity contribution in [2.75, 3.05) is 0 Å². The van der Waals surface area contributed by atoms with E-state index < -0.39 is 0 Å². The van der Waals surface area contributed by atoms with E-state index in [0.29, 0.717) is 17.0 Å². The Hall–Kier alpha value is -0.640. The summed E-state index contributed by atoms with van der Waals surface area (Å²) >= 11 is 5.92. The average Bonchev–Trinajstić information content (AvgIpc) is 2.43. The van der Waals surface area contributed by atoms with E-state index in [4.69, 9.17) is 17.4 Å². The van der Waals surface area contributed by atoms with Crippen molar-refractivity contribution in [1.82, 2.24) is 5.43 Å². The van der Waals surface area contributed by atoms with Crippen LogP contribution < -0.4 is 11.3 Å². The molecule has 1 aromatic rings. The third-order valence-electron chi connectivity index (χ3n) is 4.05. The summed E-state index contributed by atoms with van der Waals surface area (Å²) in [5, 5.41) is 0.574. The van der Waals surface area contributed by atoms with Crippen molar-refractivity contribution < 1.29 is 4.39 Å². The molecule has 0 aromatic heterocycles. The van der Waals surface area contributed by atoms with Crippen molar-refractivity contribution in [3.63, 3.8) is 0 Å². The number of halogens is 2. The van der Waals surface area contributed by atoms with Crippen molar-refractivity contribution in [2.45, 2.75) is 51.0 Å². The third-order valence-corrected chi connectivity index (χ3v) is 4.29. The smallest absolute Gasteiger partial charge is 0.126 e. The van der Waals surface area contributed by atoms with Gasteiger partial charge in [-0.05, 0) is 42.5 Å². The Bertz CT molecular complexity index is 405. The van der Waals surface area contributed by atoms with Crippen molar-refractivity contribution in [3.8, 4) is 0 Å². The summed E-state index contributed by atoms with van der Waals surface area (Å²) in [7, 11) is 0. The largest absolute Gasteiger partial charge is 0.271 e. The van der Waals surface area contributed by atoms with Gasteiger partial charge in [0, 0.05) is 11.1 Å². The molecular weight excluding hydrogens is 263 g/mol.